The lowest BCUT2D eigenvalue weighted by Crippen LogP contribution is -2.41. The van der Waals surface area contributed by atoms with E-state index >= 15 is 0 Å². The van der Waals surface area contributed by atoms with E-state index in [4.69, 9.17) is 0 Å². The summed E-state index contributed by atoms with van der Waals surface area (Å²) < 4.78 is 52.7. The second-order valence-corrected chi connectivity index (χ2v) is 13.2. The Morgan fingerprint density at radius 2 is 1.55 bits per heavy atom. The van der Waals surface area contributed by atoms with Gasteiger partial charge in [-0.15, -0.1) is 0 Å². The number of anilines is 1. The molecule has 1 heterocycles. The maximum absolute atomic E-state index is 13.1. The highest BCUT2D eigenvalue weighted by molar-refractivity contribution is 7.88. The number of sulfonamides is 2. The number of benzene rings is 2. The van der Waals surface area contributed by atoms with Gasteiger partial charge in [-0.2, -0.15) is 4.31 Å². The maximum atomic E-state index is 13.1. The molecule has 0 spiro atoms. The van der Waals surface area contributed by atoms with Crippen LogP contribution in [0.4, 0.5) is 5.69 Å². The fourth-order valence-corrected chi connectivity index (χ4v) is 6.58. The average molecular weight is 494 g/mol. The normalized spacial score (nSPS) is 16.4. The number of nitrogens with zero attached hydrogens (tertiary/aromatic N) is 2. The van der Waals surface area contributed by atoms with Gasteiger partial charge in [-0.1, -0.05) is 56.3 Å². The van der Waals surface area contributed by atoms with Gasteiger partial charge in [0.05, 0.1) is 12.0 Å². The first-order chi connectivity index (χ1) is 15.5. The van der Waals surface area contributed by atoms with Crippen LogP contribution < -0.4 is 5.32 Å². The lowest BCUT2D eigenvalue weighted by Gasteiger charge is -2.31. The average Bonchev–Trinajstić information content (AvgIpc) is 2.74. The molecule has 3 rings (SSSR count). The van der Waals surface area contributed by atoms with Crippen molar-refractivity contribution in [1.29, 1.82) is 0 Å². The highest BCUT2D eigenvalue weighted by Gasteiger charge is 2.25. The van der Waals surface area contributed by atoms with E-state index in [2.05, 4.69) is 5.32 Å². The molecule has 0 atom stereocenters. The summed E-state index contributed by atoms with van der Waals surface area (Å²) in [6, 6.07) is 17.3. The Labute approximate surface area is 198 Å². The zero-order chi connectivity index (χ0) is 24.1. The van der Waals surface area contributed by atoms with Gasteiger partial charge in [-0.05, 0) is 42.0 Å². The fraction of sp³-hybridized carbons (Fsp3) is 0.500. The third-order valence-electron chi connectivity index (χ3n) is 5.76. The second-order valence-electron chi connectivity index (χ2n) is 9.21. The molecular formula is C24H35N3O4S2. The molecule has 0 bridgehead atoms. The lowest BCUT2D eigenvalue weighted by molar-refractivity contribution is 0.332. The predicted octanol–water partition coefficient (Wildman–Crippen LogP) is 3.51. The molecule has 1 fully saturated rings. The van der Waals surface area contributed by atoms with Gasteiger partial charge in [0.2, 0.25) is 20.0 Å². The topological polar surface area (TPSA) is 86.8 Å². The minimum atomic E-state index is -3.45. The third kappa shape index (κ3) is 7.81. The third-order valence-corrected chi connectivity index (χ3v) is 8.83. The molecule has 0 aromatic heterocycles. The van der Waals surface area contributed by atoms with Crippen molar-refractivity contribution in [3.63, 3.8) is 0 Å². The van der Waals surface area contributed by atoms with Gasteiger partial charge in [0.25, 0.3) is 0 Å². The Morgan fingerprint density at radius 1 is 0.939 bits per heavy atom. The Kier molecular flexibility index (Phi) is 8.55. The summed E-state index contributed by atoms with van der Waals surface area (Å²) in [6.07, 6.45) is 2.77. The largest absolute Gasteiger partial charge is 0.382 e. The molecule has 1 aliphatic rings. The molecule has 1 N–H and O–H groups in total. The highest BCUT2D eigenvalue weighted by atomic mass is 32.2. The van der Waals surface area contributed by atoms with Gasteiger partial charge < -0.3 is 5.32 Å². The summed E-state index contributed by atoms with van der Waals surface area (Å²) in [5, 5.41) is 3.48. The van der Waals surface area contributed by atoms with Crippen molar-refractivity contribution in [2.45, 2.75) is 45.0 Å². The SMILES string of the molecule is CC(C)CN(Cc1ccc(NC2CCN(S(C)(=O)=O)CC2)cc1)S(=O)(=O)Cc1ccccc1. The standard InChI is InChI=1S/C24H35N3O4S2/c1-20(2)17-27(33(30,31)19-22-7-5-4-6-8-22)18-21-9-11-23(12-10-21)25-24-13-15-26(16-14-24)32(3,28)29/h4-12,20,24-25H,13-19H2,1-3H3. The molecule has 0 unspecified atom stereocenters. The van der Waals surface area contributed by atoms with E-state index in [9.17, 15) is 16.8 Å². The molecule has 33 heavy (non-hydrogen) atoms. The molecule has 0 aliphatic carbocycles. The Morgan fingerprint density at radius 3 is 2.09 bits per heavy atom. The zero-order valence-corrected chi connectivity index (χ0v) is 21.3. The first-order valence-electron chi connectivity index (χ1n) is 11.4. The first-order valence-corrected chi connectivity index (χ1v) is 14.8. The Balaban J connectivity index is 1.62. The molecule has 1 saturated heterocycles. The van der Waals surface area contributed by atoms with Gasteiger partial charge in [0.1, 0.15) is 0 Å². The number of rotatable bonds is 10. The van der Waals surface area contributed by atoms with Crippen molar-refractivity contribution in [3.05, 3.63) is 65.7 Å². The molecule has 0 amide bonds. The van der Waals surface area contributed by atoms with Crippen molar-refractivity contribution in [2.75, 3.05) is 31.2 Å². The fourth-order valence-electron chi connectivity index (χ4n) is 4.04. The minimum absolute atomic E-state index is 0.00756. The molecule has 2 aromatic rings. The minimum Gasteiger partial charge on any atom is -0.382 e. The summed E-state index contributed by atoms with van der Waals surface area (Å²) >= 11 is 0. The van der Waals surface area contributed by atoms with E-state index in [1.54, 1.807) is 4.31 Å². The number of piperidine rings is 1. The van der Waals surface area contributed by atoms with Crippen molar-refractivity contribution in [3.8, 4) is 0 Å². The van der Waals surface area contributed by atoms with Gasteiger partial charge in [-0.25, -0.2) is 21.1 Å². The molecule has 7 nitrogen and oxygen atoms in total. The van der Waals surface area contributed by atoms with E-state index in [0.29, 0.717) is 26.2 Å². The van der Waals surface area contributed by atoms with Gasteiger partial charge in [0.15, 0.2) is 0 Å². The van der Waals surface area contributed by atoms with Gasteiger partial charge in [0, 0.05) is 37.9 Å². The number of nitrogens with one attached hydrogen (secondary N) is 1. The molecule has 2 aromatic carbocycles. The van der Waals surface area contributed by atoms with Crippen LogP contribution in [0.15, 0.2) is 54.6 Å². The number of hydrogen-bond acceptors (Lipinski definition) is 5. The maximum Gasteiger partial charge on any atom is 0.218 e. The van der Waals surface area contributed by atoms with E-state index in [-0.39, 0.29) is 17.7 Å². The van der Waals surface area contributed by atoms with Crippen LogP contribution >= 0.6 is 0 Å². The van der Waals surface area contributed by atoms with Crippen LogP contribution in [0.1, 0.15) is 37.8 Å². The summed E-state index contributed by atoms with van der Waals surface area (Å²) in [4.78, 5) is 0. The summed E-state index contributed by atoms with van der Waals surface area (Å²) in [5.41, 5.74) is 2.68. The lowest BCUT2D eigenvalue weighted by atomic mass is 10.1. The van der Waals surface area contributed by atoms with Crippen LogP contribution in [0, 0.1) is 5.92 Å². The van der Waals surface area contributed by atoms with E-state index < -0.39 is 20.0 Å². The zero-order valence-electron chi connectivity index (χ0n) is 19.6. The van der Waals surface area contributed by atoms with E-state index in [1.165, 1.54) is 10.6 Å². The van der Waals surface area contributed by atoms with Crippen molar-refractivity contribution in [2.24, 2.45) is 5.92 Å². The smallest absolute Gasteiger partial charge is 0.218 e. The molecule has 0 saturated carbocycles. The van der Waals surface area contributed by atoms with Gasteiger partial charge >= 0.3 is 0 Å². The summed E-state index contributed by atoms with van der Waals surface area (Å²) in [6.45, 7) is 5.89. The van der Waals surface area contributed by atoms with Crippen LogP contribution in [0.5, 0.6) is 0 Å². The van der Waals surface area contributed by atoms with Crippen molar-refractivity contribution < 1.29 is 16.8 Å². The van der Waals surface area contributed by atoms with Gasteiger partial charge in [-0.3, -0.25) is 0 Å². The number of hydrogen-bond donors (Lipinski definition) is 1. The van der Waals surface area contributed by atoms with Crippen LogP contribution in [-0.4, -0.2) is 57.4 Å². The quantitative estimate of drug-likeness (QED) is 0.547. The molecular weight excluding hydrogens is 458 g/mol. The Hall–Kier alpha value is -1.94. The molecule has 182 valence electrons. The van der Waals surface area contributed by atoms with Crippen molar-refractivity contribution in [1.82, 2.24) is 8.61 Å². The van der Waals surface area contributed by atoms with E-state index in [0.717, 1.165) is 29.7 Å². The van der Waals surface area contributed by atoms with Crippen molar-refractivity contribution >= 4 is 25.7 Å². The monoisotopic (exact) mass is 493 g/mol. The van der Waals surface area contributed by atoms with Crippen LogP contribution in [0.3, 0.4) is 0 Å². The summed E-state index contributed by atoms with van der Waals surface area (Å²) in [5.74, 6) is 0.209. The van der Waals surface area contributed by atoms with Crippen LogP contribution in [-0.2, 0) is 32.3 Å². The first kappa shape index (κ1) is 25.7. The van der Waals surface area contributed by atoms with Crippen LogP contribution in [0.2, 0.25) is 0 Å². The molecule has 1 aliphatic heterocycles. The Bertz CT molecular complexity index is 1090. The molecule has 9 heteroatoms. The molecule has 0 radical (unpaired) electrons. The van der Waals surface area contributed by atoms with E-state index in [1.807, 2.05) is 68.4 Å². The van der Waals surface area contributed by atoms with Crippen LogP contribution in [0.25, 0.3) is 0 Å². The predicted molar refractivity (Wildman–Crippen MR) is 134 cm³/mol. The summed E-state index contributed by atoms with van der Waals surface area (Å²) in [7, 11) is -6.58. The highest BCUT2D eigenvalue weighted by Crippen LogP contribution is 2.21. The second kappa shape index (κ2) is 11.0.